The number of hydrogen-bond acceptors (Lipinski definition) is 5. The Labute approximate surface area is 188 Å². The minimum atomic E-state index is -0.372. The number of carbonyl (C=O) groups excluding carboxylic acids is 1. The number of carbonyl (C=O) groups is 1. The van der Waals surface area contributed by atoms with Crippen LogP contribution in [0.25, 0.3) is 0 Å². The average molecular weight is 427 g/mol. The molecule has 1 aliphatic carbocycles. The summed E-state index contributed by atoms with van der Waals surface area (Å²) in [4.78, 5) is 13.7. The van der Waals surface area contributed by atoms with E-state index in [1.165, 1.54) is 0 Å². The highest BCUT2D eigenvalue weighted by Gasteiger charge is 2.40. The number of allylic oxidation sites excluding steroid dienone is 1. The lowest BCUT2D eigenvalue weighted by molar-refractivity contribution is -0.122. The number of benzene rings is 3. The molecule has 5 nitrogen and oxygen atoms in total. The first-order chi connectivity index (χ1) is 15.7. The molecule has 3 aromatic rings. The Morgan fingerprint density at radius 2 is 1.62 bits per heavy atom. The zero-order valence-electron chi connectivity index (χ0n) is 18.2. The summed E-state index contributed by atoms with van der Waals surface area (Å²) >= 11 is 0. The van der Waals surface area contributed by atoms with Crippen molar-refractivity contribution in [3.63, 3.8) is 0 Å². The minimum Gasteiger partial charge on any atom is -0.497 e. The van der Waals surface area contributed by atoms with Gasteiger partial charge < -0.3 is 20.1 Å². The van der Waals surface area contributed by atoms with Crippen molar-refractivity contribution in [3.8, 4) is 11.5 Å². The number of fused-ring (bicyclic) bond motifs is 2. The van der Waals surface area contributed by atoms with E-state index in [4.69, 9.17) is 9.47 Å². The molecule has 32 heavy (non-hydrogen) atoms. The summed E-state index contributed by atoms with van der Waals surface area (Å²) < 4.78 is 11.2. The maximum atomic E-state index is 13.7. The Balaban J connectivity index is 1.66. The van der Waals surface area contributed by atoms with Crippen molar-refractivity contribution >= 4 is 17.2 Å². The molecule has 3 unspecified atom stereocenters. The fraction of sp³-hybridized carbons (Fsp3) is 0.222. The van der Waals surface area contributed by atoms with Gasteiger partial charge in [0, 0.05) is 23.6 Å². The zero-order chi connectivity index (χ0) is 22.1. The van der Waals surface area contributed by atoms with Crippen LogP contribution in [-0.2, 0) is 4.79 Å². The molecule has 0 saturated heterocycles. The van der Waals surface area contributed by atoms with E-state index in [1.807, 2.05) is 60.7 Å². The fourth-order valence-corrected chi connectivity index (χ4v) is 4.76. The highest BCUT2D eigenvalue weighted by molar-refractivity contribution is 5.90. The molecule has 1 aliphatic heterocycles. The number of hydrogen-bond donors (Lipinski definition) is 2. The molecule has 0 amide bonds. The molecule has 5 heteroatoms. The van der Waals surface area contributed by atoms with Crippen molar-refractivity contribution in [1.82, 2.24) is 0 Å². The van der Waals surface area contributed by atoms with Crippen LogP contribution in [-0.4, -0.2) is 20.0 Å². The molecule has 3 atom stereocenters. The van der Waals surface area contributed by atoms with E-state index < -0.39 is 0 Å². The van der Waals surface area contributed by atoms with Crippen molar-refractivity contribution in [2.75, 3.05) is 24.9 Å². The Kier molecular flexibility index (Phi) is 5.31. The Morgan fingerprint density at radius 3 is 2.38 bits per heavy atom. The van der Waals surface area contributed by atoms with E-state index >= 15 is 0 Å². The number of para-hydroxylation sites is 2. The van der Waals surface area contributed by atoms with E-state index in [9.17, 15) is 4.79 Å². The van der Waals surface area contributed by atoms with Crippen LogP contribution in [0.4, 0.5) is 11.4 Å². The van der Waals surface area contributed by atoms with Gasteiger partial charge in [-0.15, -0.1) is 0 Å². The second-order valence-electron chi connectivity index (χ2n) is 8.19. The maximum absolute atomic E-state index is 13.7. The molecule has 1 heterocycles. The molecule has 0 fully saturated rings. The van der Waals surface area contributed by atoms with Gasteiger partial charge in [-0.2, -0.15) is 0 Å². The van der Waals surface area contributed by atoms with Gasteiger partial charge in [0.05, 0.1) is 37.6 Å². The molecule has 3 aromatic carbocycles. The summed E-state index contributed by atoms with van der Waals surface area (Å²) in [5, 5.41) is 7.19. The van der Waals surface area contributed by atoms with E-state index in [1.54, 1.807) is 14.2 Å². The van der Waals surface area contributed by atoms with Crippen LogP contribution in [0.1, 0.15) is 29.5 Å². The van der Waals surface area contributed by atoms with Crippen LogP contribution in [0.15, 0.2) is 84.6 Å². The third-order valence-electron chi connectivity index (χ3n) is 6.33. The molecule has 162 valence electrons. The summed E-state index contributed by atoms with van der Waals surface area (Å²) in [5.74, 6) is 1.31. The maximum Gasteiger partial charge on any atom is 0.145 e. The van der Waals surface area contributed by atoms with Gasteiger partial charge in [0.25, 0.3) is 0 Å². The Bertz CT molecular complexity index is 1170. The van der Waals surface area contributed by atoms with Gasteiger partial charge >= 0.3 is 0 Å². The van der Waals surface area contributed by atoms with Crippen molar-refractivity contribution < 1.29 is 14.3 Å². The van der Waals surface area contributed by atoms with Crippen LogP contribution in [0.2, 0.25) is 0 Å². The predicted octanol–water partition coefficient (Wildman–Crippen LogP) is 5.54. The van der Waals surface area contributed by atoms with Crippen LogP contribution in [0.3, 0.4) is 0 Å². The van der Waals surface area contributed by atoms with Gasteiger partial charge in [-0.05, 0) is 35.9 Å². The summed E-state index contributed by atoms with van der Waals surface area (Å²) in [6.07, 6.45) is 2.67. The van der Waals surface area contributed by atoms with Gasteiger partial charge in [0.15, 0.2) is 0 Å². The second-order valence-corrected chi connectivity index (χ2v) is 8.19. The number of Topliss-reactive ketones (excluding diaryl/α,β-unsaturated/α-hetero) is 1. The number of ether oxygens (including phenoxy) is 2. The quantitative estimate of drug-likeness (QED) is 0.574. The Hall–Kier alpha value is -3.73. The summed E-state index contributed by atoms with van der Waals surface area (Å²) in [6, 6.07) is 23.7. The molecule has 0 bridgehead atoms. The number of methoxy groups -OCH3 is 2. The van der Waals surface area contributed by atoms with Crippen LogP contribution < -0.4 is 20.1 Å². The number of nitrogens with one attached hydrogen (secondary N) is 2. The first-order valence-electron chi connectivity index (χ1n) is 10.8. The molecular formula is C27H26N2O3. The standard InChI is InChI=1S/C27H26N2O3/c1-31-19-12-13-25(32-2)20(16-19)27-26-23(28-21-10-6-7-11-22(21)29-27)14-18(15-24(26)30)17-8-4-3-5-9-17/h3-14,16,18,26-29H,15H2,1-2H3. The van der Waals surface area contributed by atoms with Gasteiger partial charge in [0.1, 0.15) is 17.3 Å². The number of rotatable bonds is 4. The first kappa shape index (κ1) is 20.2. The van der Waals surface area contributed by atoms with Crippen molar-refractivity contribution in [2.45, 2.75) is 18.4 Å². The normalized spacial score (nSPS) is 21.8. The molecule has 0 aromatic heterocycles. The SMILES string of the molecule is COc1ccc(OC)c(C2Nc3ccccc3NC3=CC(c4ccccc4)CC(=O)C32)c1. The number of anilines is 2. The summed E-state index contributed by atoms with van der Waals surface area (Å²) in [7, 11) is 3.30. The molecule has 0 radical (unpaired) electrons. The topological polar surface area (TPSA) is 59.6 Å². The van der Waals surface area contributed by atoms with Gasteiger partial charge in [-0.3, -0.25) is 4.79 Å². The predicted molar refractivity (Wildman–Crippen MR) is 126 cm³/mol. The lowest BCUT2D eigenvalue weighted by Crippen LogP contribution is -2.34. The monoisotopic (exact) mass is 426 g/mol. The van der Waals surface area contributed by atoms with E-state index in [-0.39, 0.29) is 23.7 Å². The second kappa shape index (κ2) is 8.42. The van der Waals surface area contributed by atoms with Gasteiger partial charge in [-0.1, -0.05) is 48.5 Å². The smallest absolute Gasteiger partial charge is 0.145 e. The summed E-state index contributed by atoms with van der Waals surface area (Å²) in [5.41, 5.74) is 4.86. The summed E-state index contributed by atoms with van der Waals surface area (Å²) in [6.45, 7) is 0. The van der Waals surface area contributed by atoms with Crippen molar-refractivity contribution in [2.24, 2.45) is 5.92 Å². The molecular weight excluding hydrogens is 400 g/mol. The van der Waals surface area contributed by atoms with E-state index in [0.29, 0.717) is 6.42 Å². The third-order valence-corrected chi connectivity index (χ3v) is 6.33. The fourth-order valence-electron chi connectivity index (χ4n) is 4.76. The van der Waals surface area contributed by atoms with Gasteiger partial charge in [0.2, 0.25) is 0 Å². The average Bonchev–Trinajstić information content (AvgIpc) is 3.01. The number of ketones is 1. The van der Waals surface area contributed by atoms with Gasteiger partial charge in [-0.25, -0.2) is 0 Å². The zero-order valence-corrected chi connectivity index (χ0v) is 18.2. The third kappa shape index (κ3) is 3.60. The van der Waals surface area contributed by atoms with Crippen LogP contribution in [0, 0.1) is 5.92 Å². The lowest BCUT2D eigenvalue weighted by Gasteiger charge is -2.33. The molecule has 0 spiro atoms. The highest BCUT2D eigenvalue weighted by atomic mass is 16.5. The van der Waals surface area contributed by atoms with Crippen LogP contribution in [0.5, 0.6) is 11.5 Å². The molecule has 2 aliphatic rings. The Morgan fingerprint density at radius 1 is 0.875 bits per heavy atom. The highest BCUT2D eigenvalue weighted by Crippen LogP contribution is 2.46. The van der Waals surface area contributed by atoms with Crippen molar-refractivity contribution in [3.05, 3.63) is 95.7 Å². The minimum absolute atomic E-state index is 0.0422. The molecule has 0 saturated carbocycles. The van der Waals surface area contributed by atoms with Crippen molar-refractivity contribution in [1.29, 1.82) is 0 Å². The molecule has 5 rings (SSSR count). The molecule has 2 N–H and O–H groups in total. The largest absolute Gasteiger partial charge is 0.497 e. The van der Waals surface area contributed by atoms with Crippen LogP contribution >= 0.6 is 0 Å². The van der Waals surface area contributed by atoms with E-state index in [0.717, 1.165) is 39.7 Å². The first-order valence-corrected chi connectivity index (χ1v) is 10.8. The lowest BCUT2D eigenvalue weighted by atomic mass is 9.76. The van der Waals surface area contributed by atoms with E-state index in [2.05, 4.69) is 28.8 Å².